The average Bonchev–Trinajstić information content (AvgIpc) is 2.51. The minimum Gasteiger partial charge on any atom is -0.125 e. The van der Waals surface area contributed by atoms with Crippen molar-refractivity contribution in [3.8, 4) is 0 Å². The first kappa shape index (κ1) is 20.7. The van der Waals surface area contributed by atoms with E-state index in [1.54, 1.807) is 0 Å². The van der Waals surface area contributed by atoms with Crippen LogP contribution in [0.5, 0.6) is 0 Å². The Morgan fingerprint density at radius 2 is 0.773 bits per heavy atom. The van der Waals surface area contributed by atoms with Gasteiger partial charge >= 0.3 is 0 Å². The molecule has 6 radical (unpaired) electrons. The molecule has 0 heterocycles. The van der Waals surface area contributed by atoms with Crippen LogP contribution in [0.25, 0.3) is 0 Å². The van der Waals surface area contributed by atoms with E-state index in [1.807, 2.05) is 73.9 Å². The molecule has 0 saturated heterocycles. The molecule has 0 nitrogen and oxygen atoms in total. The van der Waals surface area contributed by atoms with Crippen LogP contribution < -0.4 is 0 Å². The second kappa shape index (κ2) is 13.3. The van der Waals surface area contributed by atoms with Crippen LogP contribution in [0.15, 0.2) is 88.6 Å². The quantitative estimate of drug-likeness (QED) is 0.329. The molecule has 0 unspecified atom stereocenters. The fourth-order valence-electron chi connectivity index (χ4n) is 1.41. The zero-order valence-electron chi connectivity index (χ0n) is 13.4. The fourth-order valence-corrected chi connectivity index (χ4v) is 1.41. The molecule has 0 aromatic heterocycles. The molecule has 0 amide bonds. The van der Waals surface area contributed by atoms with E-state index in [1.165, 1.54) is 16.7 Å². The molecular weight excluding hydrogens is 461 g/mol. The molecule has 0 spiro atoms. The summed E-state index contributed by atoms with van der Waals surface area (Å²) in [6, 6.07) is 0. The topological polar surface area (TPSA) is 0 Å². The van der Waals surface area contributed by atoms with Crippen molar-refractivity contribution in [1.82, 2.24) is 0 Å². The summed E-state index contributed by atoms with van der Waals surface area (Å²) in [5.74, 6) is 0. The molecule has 3 rings (SSSR count). The van der Waals surface area contributed by atoms with Crippen molar-refractivity contribution in [3.05, 3.63) is 108 Å². The van der Waals surface area contributed by atoms with Gasteiger partial charge in [0.1, 0.15) is 0 Å². The Morgan fingerprint density at radius 3 is 0.864 bits per heavy atom. The molecule has 0 aliphatic heterocycles. The largest absolute Gasteiger partial charge is 0.125 e. The zero-order chi connectivity index (χ0) is 15.3. The molecule has 0 aromatic rings. The van der Waals surface area contributed by atoms with E-state index in [2.05, 4.69) is 38.0 Å². The van der Waals surface area contributed by atoms with E-state index in [9.17, 15) is 0 Å². The molecule has 0 bridgehead atoms. The van der Waals surface area contributed by atoms with E-state index >= 15 is 0 Å². The second-order valence-electron chi connectivity index (χ2n) is 4.73. The predicted octanol–water partition coefficient (Wildman–Crippen LogP) is 5.20. The van der Waals surface area contributed by atoms with Crippen molar-refractivity contribution < 1.29 is 0 Å². The van der Waals surface area contributed by atoms with Gasteiger partial charge in [-0.3, -0.25) is 0 Å². The van der Waals surface area contributed by atoms with Gasteiger partial charge in [0.2, 0.25) is 0 Å². The van der Waals surface area contributed by atoms with E-state index in [-0.39, 0.29) is 26.2 Å². The Morgan fingerprint density at radius 1 is 0.500 bits per heavy atom. The first-order valence-corrected chi connectivity index (χ1v) is 6.96. The van der Waals surface area contributed by atoms with Crippen LogP contribution in [0.1, 0.15) is 20.8 Å². The summed E-state index contributed by atoms with van der Waals surface area (Å²) in [6.45, 7) is 6.19. The molecule has 3 aliphatic carbocycles. The summed E-state index contributed by atoms with van der Waals surface area (Å²) in [4.78, 5) is 0. The Labute approximate surface area is 154 Å². The van der Waals surface area contributed by atoms with Crippen molar-refractivity contribution in [2.24, 2.45) is 0 Å². The van der Waals surface area contributed by atoms with E-state index in [0.717, 1.165) is 0 Å². The van der Waals surface area contributed by atoms with Gasteiger partial charge in [-0.05, 0) is 57.2 Å². The van der Waals surface area contributed by atoms with Crippen LogP contribution in [0.4, 0.5) is 0 Å². The van der Waals surface area contributed by atoms with Crippen LogP contribution in [-0.4, -0.2) is 26.2 Å². The molecule has 110 valence electrons. The van der Waals surface area contributed by atoms with E-state index < -0.39 is 0 Å². The normalized spacial score (nSPS) is 16.2. The van der Waals surface area contributed by atoms with Gasteiger partial charge < -0.3 is 0 Å². The first-order chi connectivity index (χ1) is 10.2. The third-order valence-corrected chi connectivity index (χ3v) is 2.65. The summed E-state index contributed by atoms with van der Waals surface area (Å²) < 4.78 is 0. The molecule has 0 N–H and O–H groups in total. The maximum atomic E-state index is 2.93. The maximum absolute atomic E-state index is 2.93. The van der Waals surface area contributed by atoms with E-state index in [4.69, 9.17) is 0 Å². The second-order valence-corrected chi connectivity index (χ2v) is 4.73. The molecular formula is C21H21Bi. The fraction of sp³-hybridized carbons (Fsp3) is 0.143. The SMILES string of the molecule is CC1=CC=C=C[CH]1.CC1=CC=C=C[CH]1.CC1=CC=C=C[CH]1.[Bi]. The zero-order valence-corrected chi connectivity index (χ0v) is 16.9. The van der Waals surface area contributed by atoms with Crippen molar-refractivity contribution in [1.29, 1.82) is 0 Å². The summed E-state index contributed by atoms with van der Waals surface area (Å²) in [5.41, 5.74) is 12.7. The van der Waals surface area contributed by atoms with Crippen molar-refractivity contribution in [3.63, 3.8) is 0 Å². The summed E-state index contributed by atoms with van der Waals surface area (Å²) >= 11 is 0. The van der Waals surface area contributed by atoms with Crippen LogP contribution >= 0.6 is 0 Å². The van der Waals surface area contributed by atoms with Crippen molar-refractivity contribution >= 4 is 26.2 Å². The molecule has 3 aliphatic rings. The van der Waals surface area contributed by atoms with Gasteiger partial charge in [-0.25, -0.2) is 0 Å². The van der Waals surface area contributed by atoms with Crippen LogP contribution in [-0.2, 0) is 0 Å². The van der Waals surface area contributed by atoms with Crippen molar-refractivity contribution in [2.75, 3.05) is 0 Å². The Balaban J connectivity index is 0.000000294. The summed E-state index contributed by atoms with van der Waals surface area (Å²) in [7, 11) is 0. The Kier molecular flexibility index (Phi) is 12.5. The molecule has 1 heteroatoms. The van der Waals surface area contributed by atoms with E-state index in [0.29, 0.717) is 0 Å². The van der Waals surface area contributed by atoms with Gasteiger partial charge in [-0.2, -0.15) is 0 Å². The molecule has 0 saturated carbocycles. The third-order valence-electron chi connectivity index (χ3n) is 2.65. The summed E-state index contributed by atoms with van der Waals surface area (Å²) in [5, 5.41) is 0. The molecule has 0 atom stereocenters. The average molecular weight is 482 g/mol. The minimum absolute atomic E-state index is 0. The van der Waals surface area contributed by atoms with Gasteiger partial charge in [0.05, 0.1) is 0 Å². The summed E-state index contributed by atoms with van der Waals surface area (Å²) in [6.07, 6.45) is 23.6. The van der Waals surface area contributed by atoms with Gasteiger partial charge in [-0.1, -0.05) is 34.9 Å². The number of hydrogen-bond acceptors (Lipinski definition) is 0. The minimum atomic E-state index is 0. The van der Waals surface area contributed by atoms with Gasteiger partial charge in [0.25, 0.3) is 0 Å². The van der Waals surface area contributed by atoms with Gasteiger partial charge in [0.15, 0.2) is 0 Å². The van der Waals surface area contributed by atoms with Crippen molar-refractivity contribution in [2.45, 2.75) is 20.8 Å². The van der Waals surface area contributed by atoms with Crippen LogP contribution in [0.3, 0.4) is 0 Å². The van der Waals surface area contributed by atoms with Gasteiger partial charge in [0, 0.05) is 45.5 Å². The monoisotopic (exact) mass is 482 g/mol. The Hall–Kier alpha value is -1.34. The Bertz CT molecular complexity index is 526. The number of allylic oxidation sites excluding steroid dienone is 9. The third kappa shape index (κ3) is 11.3. The molecule has 0 aromatic carbocycles. The molecule has 0 fully saturated rings. The predicted molar refractivity (Wildman–Crippen MR) is 97.9 cm³/mol. The van der Waals surface area contributed by atoms with Gasteiger partial charge in [-0.15, -0.1) is 17.2 Å². The number of rotatable bonds is 0. The molecule has 22 heavy (non-hydrogen) atoms. The standard InChI is InChI=1S/3C7H7.Bi/c3*1-7-5-3-2-4-6-7;/h3*3-6H,1H3;. The maximum Gasteiger partial charge on any atom is 0.0160 e. The first-order valence-electron chi connectivity index (χ1n) is 6.96. The van der Waals surface area contributed by atoms with Crippen LogP contribution in [0.2, 0.25) is 0 Å². The smallest absolute Gasteiger partial charge is 0.0160 e. The number of hydrogen-bond donors (Lipinski definition) is 0. The van der Waals surface area contributed by atoms with Crippen LogP contribution in [0, 0.1) is 19.3 Å².